The summed E-state index contributed by atoms with van der Waals surface area (Å²) in [6.45, 7) is 7.63. The molecule has 112 valence electrons. The van der Waals surface area contributed by atoms with Crippen LogP contribution in [0.2, 0.25) is 0 Å². The first-order valence-corrected chi connectivity index (χ1v) is 7.75. The quantitative estimate of drug-likeness (QED) is 0.878. The third kappa shape index (κ3) is 3.58. The van der Waals surface area contributed by atoms with E-state index in [2.05, 4.69) is 12.2 Å². The van der Waals surface area contributed by atoms with E-state index in [1.165, 1.54) is 6.42 Å². The number of benzene rings is 1. The van der Waals surface area contributed by atoms with E-state index >= 15 is 0 Å². The van der Waals surface area contributed by atoms with E-state index < -0.39 is 0 Å². The first-order chi connectivity index (χ1) is 9.63. The molecule has 0 saturated carbocycles. The molecule has 1 fully saturated rings. The Kier molecular flexibility index (Phi) is 5.55. The Morgan fingerprint density at radius 1 is 1.30 bits per heavy atom. The number of hydrogen-bond acceptors (Lipinski definition) is 2. The number of halogens is 1. The van der Waals surface area contributed by atoms with Gasteiger partial charge in [0.2, 0.25) is 0 Å². The first-order valence-electron chi connectivity index (χ1n) is 7.75. The second-order valence-electron chi connectivity index (χ2n) is 5.81. The van der Waals surface area contributed by atoms with Crippen molar-refractivity contribution in [2.24, 2.45) is 0 Å². The van der Waals surface area contributed by atoms with E-state index in [0.29, 0.717) is 0 Å². The monoisotopic (exact) mass is 279 g/mol. The van der Waals surface area contributed by atoms with Gasteiger partial charge in [0.05, 0.1) is 12.1 Å². The van der Waals surface area contributed by atoms with Crippen molar-refractivity contribution >= 4 is 0 Å². The highest BCUT2D eigenvalue weighted by Gasteiger charge is 2.26. The van der Waals surface area contributed by atoms with Gasteiger partial charge < -0.3 is 10.1 Å². The van der Waals surface area contributed by atoms with E-state index in [1.807, 2.05) is 26.0 Å². The van der Waals surface area contributed by atoms with Crippen molar-refractivity contribution in [2.75, 3.05) is 13.2 Å². The van der Waals surface area contributed by atoms with Crippen LogP contribution < -0.4 is 5.32 Å². The Morgan fingerprint density at radius 2 is 2.00 bits per heavy atom. The Hall–Kier alpha value is -0.930. The molecule has 0 aromatic heterocycles. The lowest BCUT2D eigenvalue weighted by Crippen LogP contribution is -2.36. The Bertz CT molecular complexity index is 418. The number of rotatable bonds is 5. The molecule has 0 amide bonds. The fourth-order valence-electron chi connectivity index (χ4n) is 2.95. The maximum absolute atomic E-state index is 13.8. The number of nitrogens with one attached hydrogen (secondary N) is 1. The molecule has 1 saturated heterocycles. The van der Waals surface area contributed by atoms with Gasteiger partial charge in [-0.15, -0.1) is 0 Å². The van der Waals surface area contributed by atoms with Crippen LogP contribution in [-0.4, -0.2) is 19.3 Å². The molecular formula is C17H26FNO. The molecule has 1 aromatic carbocycles. The van der Waals surface area contributed by atoms with Gasteiger partial charge in [0.25, 0.3) is 0 Å². The lowest BCUT2D eigenvalue weighted by atomic mass is 9.93. The SMILES string of the molecule is CCCNC(c1cc(C)c(F)c(C)c1)C1CCCCO1. The highest BCUT2D eigenvalue weighted by molar-refractivity contribution is 5.33. The fraction of sp³-hybridized carbons (Fsp3) is 0.647. The summed E-state index contributed by atoms with van der Waals surface area (Å²) in [6.07, 6.45) is 4.74. The van der Waals surface area contributed by atoms with E-state index in [1.54, 1.807) is 0 Å². The van der Waals surface area contributed by atoms with Gasteiger partial charge in [-0.1, -0.05) is 19.1 Å². The highest BCUT2D eigenvalue weighted by atomic mass is 19.1. The maximum atomic E-state index is 13.8. The molecule has 1 aliphatic rings. The summed E-state index contributed by atoms with van der Waals surface area (Å²) in [5, 5.41) is 3.58. The summed E-state index contributed by atoms with van der Waals surface area (Å²) in [5.41, 5.74) is 2.60. The van der Waals surface area contributed by atoms with Crippen molar-refractivity contribution in [3.05, 3.63) is 34.6 Å². The summed E-state index contributed by atoms with van der Waals surface area (Å²) in [5.74, 6) is -0.0902. The molecule has 3 heteroatoms. The highest BCUT2D eigenvalue weighted by Crippen LogP contribution is 2.28. The number of ether oxygens (including phenoxy) is 1. The molecule has 2 unspecified atom stereocenters. The minimum absolute atomic E-state index is 0.0902. The molecule has 1 heterocycles. The van der Waals surface area contributed by atoms with Crippen LogP contribution in [0.1, 0.15) is 55.3 Å². The molecule has 1 aliphatic heterocycles. The summed E-state index contributed by atoms with van der Waals surface area (Å²) < 4.78 is 19.8. The van der Waals surface area contributed by atoms with Crippen LogP contribution >= 0.6 is 0 Å². The van der Waals surface area contributed by atoms with Gasteiger partial charge in [-0.3, -0.25) is 0 Å². The average Bonchev–Trinajstić information content (AvgIpc) is 2.46. The van der Waals surface area contributed by atoms with E-state index in [0.717, 1.165) is 49.1 Å². The summed E-state index contributed by atoms with van der Waals surface area (Å²) >= 11 is 0. The molecule has 0 radical (unpaired) electrons. The fourth-order valence-corrected chi connectivity index (χ4v) is 2.95. The Balaban J connectivity index is 2.25. The molecule has 0 spiro atoms. The molecule has 2 rings (SSSR count). The van der Waals surface area contributed by atoms with Crippen molar-refractivity contribution in [2.45, 2.75) is 58.6 Å². The molecule has 2 nitrogen and oxygen atoms in total. The van der Waals surface area contributed by atoms with Crippen molar-refractivity contribution in [1.29, 1.82) is 0 Å². The van der Waals surface area contributed by atoms with E-state index in [4.69, 9.17) is 4.74 Å². The topological polar surface area (TPSA) is 21.3 Å². The predicted octanol–water partition coefficient (Wildman–Crippen LogP) is 4.05. The average molecular weight is 279 g/mol. The van der Waals surface area contributed by atoms with Gasteiger partial charge in [0.15, 0.2) is 0 Å². The van der Waals surface area contributed by atoms with Gasteiger partial charge in [-0.2, -0.15) is 0 Å². The minimum Gasteiger partial charge on any atom is -0.376 e. The molecule has 1 N–H and O–H groups in total. The van der Waals surface area contributed by atoms with Gasteiger partial charge in [0, 0.05) is 6.61 Å². The van der Waals surface area contributed by atoms with Crippen LogP contribution in [0.25, 0.3) is 0 Å². The van der Waals surface area contributed by atoms with Crippen molar-refractivity contribution in [3.8, 4) is 0 Å². The molecule has 2 atom stereocenters. The molecule has 0 aliphatic carbocycles. The van der Waals surface area contributed by atoms with Crippen LogP contribution in [0, 0.1) is 19.7 Å². The van der Waals surface area contributed by atoms with Gasteiger partial charge in [0.1, 0.15) is 5.82 Å². The van der Waals surface area contributed by atoms with Crippen LogP contribution in [0.15, 0.2) is 12.1 Å². The standard InChI is InChI=1S/C17H26FNO/c1-4-8-19-17(15-7-5-6-9-20-15)14-10-12(2)16(18)13(3)11-14/h10-11,15,17,19H,4-9H2,1-3H3. The lowest BCUT2D eigenvalue weighted by Gasteiger charge is -2.32. The molecule has 0 bridgehead atoms. The normalized spacial score (nSPS) is 20.9. The zero-order valence-corrected chi connectivity index (χ0v) is 12.8. The zero-order chi connectivity index (χ0) is 14.5. The third-order valence-corrected chi connectivity index (χ3v) is 4.02. The van der Waals surface area contributed by atoms with Crippen LogP contribution in [0.3, 0.4) is 0 Å². The second-order valence-corrected chi connectivity index (χ2v) is 5.81. The molecular weight excluding hydrogens is 253 g/mol. The smallest absolute Gasteiger partial charge is 0.129 e. The minimum atomic E-state index is -0.0902. The Labute approximate surface area is 121 Å². The second kappa shape index (κ2) is 7.19. The van der Waals surface area contributed by atoms with Crippen LogP contribution in [-0.2, 0) is 4.74 Å². The van der Waals surface area contributed by atoms with Crippen molar-refractivity contribution < 1.29 is 9.13 Å². The van der Waals surface area contributed by atoms with Gasteiger partial charge in [-0.05, 0) is 62.8 Å². The number of hydrogen-bond donors (Lipinski definition) is 1. The molecule has 20 heavy (non-hydrogen) atoms. The van der Waals surface area contributed by atoms with Crippen molar-refractivity contribution in [3.63, 3.8) is 0 Å². The third-order valence-electron chi connectivity index (χ3n) is 4.02. The van der Waals surface area contributed by atoms with Gasteiger partial charge in [-0.25, -0.2) is 4.39 Å². The summed E-state index contributed by atoms with van der Waals surface area (Å²) in [4.78, 5) is 0. The predicted molar refractivity (Wildman–Crippen MR) is 80.5 cm³/mol. The first kappa shape index (κ1) is 15.5. The van der Waals surface area contributed by atoms with Crippen molar-refractivity contribution in [1.82, 2.24) is 5.32 Å². The molecule has 1 aromatic rings. The van der Waals surface area contributed by atoms with E-state index in [9.17, 15) is 4.39 Å². The largest absolute Gasteiger partial charge is 0.376 e. The number of aryl methyl sites for hydroxylation is 2. The maximum Gasteiger partial charge on any atom is 0.129 e. The van der Waals surface area contributed by atoms with Gasteiger partial charge >= 0.3 is 0 Å². The summed E-state index contributed by atoms with van der Waals surface area (Å²) in [6, 6.07) is 4.11. The van der Waals surface area contributed by atoms with E-state index in [-0.39, 0.29) is 18.0 Å². The van der Waals surface area contributed by atoms with Crippen LogP contribution in [0.4, 0.5) is 4.39 Å². The lowest BCUT2D eigenvalue weighted by molar-refractivity contribution is -0.00818. The summed E-state index contributed by atoms with van der Waals surface area (Å²) in [7, 11) is 0. The Morgan fingerprint density at radius 3 is 2.55 bits per heavy atom. The van der Waals surface area contributed by atoms with Crippen LogP contribution in [0.5, 0.6) is 0 Å². The zero-order valence-electron chi connectivity index (χ0n) is 12.8.